The smallest absolute Gasteiger partial charge is 0.202 e. The van der Waals surface area contributed by atoms with Crippen LogP contribution < -0.4 is 11.1 Å². The van der Waals surface area contributed by atoms with E-state index in [1.807, 2.05) is 6.26 Å². The first-order valence-electron chi connectivity index (χ1n) is 5.69. The molecule has 0 saturated carbocycles. The van der Waals surface area contributed by atoms with Gasteiger partial charge in [0.15, 0.2) is 11.5 Å². The Morgan fingerprint density at radius 1 is 1.68 bits per heavy atom. The number of oxime groups is 1. The molecule has 0 aromatic carbocycles. The molecule has 0 unspecified atom stereocenters. The quantitative estimate of drug-likeness (QED) is 0.217. The number of amidine groups is 1. The monoisotopic (exact) mass is 288 g/mol. The fraction of sp³-hybridized carbons (Fsp3) is 0.667. The summed E-state index contributed by atoms with van der Waals surface area (Å²) in [6.45, 7) is 2.96. The highest BCUT2D eigenvalue weighted by molar-refractivity contribution is 7.96. The van der Waals surface area contributed by atoms with Crippen molar-refractivity contribution in [1.29, 1.82) is 0 Å². The minimum atomic E-state index is -0.154. The third-order valence-corrected chi connectivity index (χ3v) is 3.54. The van der Waals surface area contributed by atoms with Crippen LogP contribution in [-0.2, 0) is 4.74 Å². The van der Waals surface area contributed by atoms with Crippen molar-refractivity contribution in [3.8, 4) is 0 Å². The Morgan fingerprint density at radius 2 is 2.53 bits per heavy atom. The van der Waals surface area contributed by atoms with Crippen molar-refractivity contribution in [3.05, 3.63) is 5.69 Å². The molecule has 1 aliphatic heterocycles. The van der Waals surface area contributed by atoms with Crippen molar-refractivity contribution >= 4 is 23.6 Å². The van der Waals surface area contributed by atoms with Gasteiger partial charge in [0, 0.05) is 19.6 Å². The van der Waals surface area contributed by atoms with E-state index in [1.165, 1.54) is 0 Å². The number of anilines is 1. The van der Waals surface area contributed by atoms with Crippen LogP contribution >= 0.6 is 11.9 Å². The van der Waals surface area contributed by atoms with Gasteiger partial charge >= 0.3 is 0 Å². The molecule has 19 heavy (non-hydrogen) atoms. The molecule has 0 radical (unpaired) electrons. The van der Waals surface area contributed by atoms with Crippen LogP contribution in [0.4, 0.5) is 5.82 Å². The summed E-state index contributed by atoms with van der Waals surface area (Å²) >= 11 is 1.69. The lowest BCUT2D eigenvalue weighted by atomic mass is 10.3. The molecule has 1 aliphatic rings. The molecule has 0 bridgehead atoms. The molecule has 0 spiro atoms. The van der Waals surface area contributed by atoms with Crippen molar-refractivity contribution in [2.75, 3.05) is 37.8 Å². The first-order chi connectivity index (χ1) is 9.24. The average molecular weight is 288 g/mol. The van der Waals surface area contributed by atoms with Crippen LogP contribution in [0.2, 0.25) is 0 Å². The second kappa shape index (κ2) is 6.59. The lowest BCUT2D eigenvalue weighted by molar-refractivity contribution is 0.0101. The maximum Gasteiger partial charge on any atom is 0.202 e. The van der Waals surface area contributed by atoms with Crippen molar-refractivity contribution in [1.82, 2.24) is 14.6 Å². The first kappa shape index (κ1) is 13.9. The maximum atomic E-state index is 8.61. The summed E-state index contributed by atoms with van der Waals surface area (Å²) in [5.41, 5.74) is 5.63. The number of hydrogen-bond donors (Lipinski definition) is 3. The summed E-state index contributed by atoms with van der Waals surface area (Å²) in [4.78, 5) is 0. The van der Waals surface area contributed by atoms with Gasteiger partial charge in [-0.15, -0.1) is 0 Å². The van der Waals surface area contributed by atoms with E-state index in [-0.39, 0.29) is 17.6 Å². The van der Waals surface area contributed by atoms with Crippen LogP contribution in [0.15, 0.2) is 9.78 Å². The van der Waals surface area contributed by atoms with Gasteiger partial charge in [-0.2, -0.15) is 0 Å². The SMILES string of the molecule is CSN1CCO[C@@H](CNc2nonc2/C(N)=N\O)C1. The molecular weight excluding hydrogens is 272 g/mol. The molecule has 1 fully saturated rings. The molecule has 9 nitrogen and oxygen atoms in total. The summed E-state index contributed by atoms with van der Waals surface area (Å²) < 4.78 is 12.4. The Kier molecular flexibility index (Phi) is 4.82. The largest absolute Gasteiger partial charge is 0.409 e. The molecule has 1 saturated heterocycles. The van der Waals surface area contributed by atoms with E-state index in [1.54, 1.807) is 11.9 Å². The van der Waals surface area contributed by atoms with E-state index in [0.29, 0.717) is 19.0 Å². The Hall–Kier alpha value is -1.52. The number of ether oxygens (including phenoxy) is 1. The summed E-state index contributed by atoms with van der Waals surface area (Å²) in [6.07, 6.45) is 2.08. The Balaban J connectivity index is 1.90. The molecule has 10 heteroatoms. The van der Waals surface area contributed by atoms with Gasteiger partial charge in [-0.3, -0.25) is 0 Å². The molecule has 1 atom stereocenters. The third kappa shape index (κ3) is 3.49. The zero-order chi connectivity index (χ0) is 13.7. The van der Waals surface area contributed by atoms with Crippen LogP contribution in [0.5, 0.6) is 0 Å². The predicted molar refractivity (Wildman–Crippen MR) is 70.1 cm³/mol. The summed E-state index contributed by atoms with van der Waals surface area (Å²) in [6, 6.07) is 0. The molecule has 0 aliphatic carbocycles. The lowest BCUT2D eigenvalue weighted by Gasteiger charge is -2.31. The van der Waals surface area contributed by atoms with Gasteiger partial charge in [0.25, 0.3) is 0 Å². The highest BCUT2D eigenvalue weighted by Crippen LogP contribution is 2.14. The number of morpholine rings is 1. The maximum absolute atomic E-state index is 8.61. The number of aromatic nitrogens is 2. The highest BCUT2D eigenvalue weighted by atomic mass is 32.2. The minimum absolute atomic E-state index is 0.0399. The molecule has 4 N–H and O–H groups in total. The number of nitrogens with one attached hydrogen (secondary N) is 1. The van der Waals surface area contributed by atoms with Gasteiger partial charge in [0.05, 0.1) is 12.7 Å². The zero-order valence-corrected chi connectivity index (χ0v) is 11.3. The van der Waals surface area contributed by atoms with E-state index < -0.39 is 0 Å². The van der Waals surface area contributed by atoms with Crippen LogP contribution in [0, 0.1) is 0 Å². The second-order valence-corrected chi connectivity index (χ2v) is 4.77. The van der Waals surface area contributed by atoms with Crippen molar-refractivity contribution in [2.24, 2.45) is 10.9 Å². The topological polar surface area (TPSA) is 122 Å². The van der Waals surface area contributed by atoms with Gasteiger partial charge in [-0.05, 0) is 16.6 Å². The predicted octanol–water partition coefficient (Wildman–Crippen LogP) is -0.445. The number of nitrogens with two attached hydrogens (primary N) is 1. The normalized spacial score (nSPS) is 21.5. The minimum Gasteiger partial charge on any atom is -0.409 e. The summed E-state index contributed by atoms with van der Waals surface area (Å²) in [5, 5.41) is 21.7. The van der Waals surface area contributed by atoms with E-state index in [4.69, 9.17) is 15.7 Å². The van der Waals surface area contributed by atoms with Crippen LogP contribution in [0.3, 0.4) is 0 Å². The van der Waals surface area contributed by atoms with Gasteiger partial charge in [0.1, 0.15) is 0 Å². The molecular formula is C9H16N6O3S. The zero-order valence-electron chi connectivity index (χ0n) is 10.4. The molecule has 2 heterocycles. The summed E-state index contributed by atoms with van der Waals surface area (Å²) in [5.74, 6) is 0.180. The van der Waals surface area contributed by atoms with Gasteiger partial charge in [0.2, 0.25) is 5.82 Å². The van der Waals surface area contributed by atoms with Gasteiger partial charge in [-0.25, -0.2) is 8.93 Å². The standard InChI is InChI=1S/C9H16N6O3S/c1-19-15-2-3-17-6(5-15)4-11-9-7(8(10)12-16)13-18-14-9/h6,16H,2-5H2,1H3,(H2,10,12)(H,11,14)/t6-/m0/s1. The fourth-order valence-corrected chi connectivity index (χ4v) is 2.28. The third-order valence-electron chi connectivity index (χ3n) is 2.70. The van der Waals surface area contributed by atoms with E-state index in [0.717, 1.165) is 13.1 Å². The van der Waals surface area contributed by atoms with E-state index in [2.05, 4.69) is 29.7 Å². The van der Waals surface area contributed by atoms with E-state index in [9.17, 15) is 0 Å². The number of rotatable bonds is 5. The van der Waals surface area contributed by atoms with Crippen LogP contribution in [0.25, 0.3) is 0 Å². The van der Waals surface area contributed by atoms with Crippen LogP contribution in [-0.4, -0.2) is 64.3 Å². The van der Waals surface area contributed by atoms with Crippen molar-refractivity contribution in [2.45, 2.75) is 6.10 Å². The van der Waals surface area contributed by atoms with Crippen molar-refractivity contribution < 1.29 is 14.6 Å². The van der Waals surface area contributed by atoms with E-state index >= 15 is 0 Å². The average Bonchev–Trinajstić information content (AvgIpc) is 2.93. The Morgan fingerprint density at radius 3 is 3.26 bits per heavy atom. The molecule has 1 aromatic heterocycles. The number of nitrogens with zero attached hydrogens (tertiary/aromatic N) is 4. The molecule has 2 rings (SSSR count). The van der Waals surface area contributed by atoms with Crippen molar-refractivity contribution in [3.63, 3.8) is 0 Å². The highest BCUT2D eigenvalue weighted by Gasteiger charge is 2.21. The molecule has 1 aromatic rings. The summed E-state index contributed by atoms with van der Waals surface area (Å²) in [7, 11) is 0. The molecule has 0 amide bonds. The lowest BCUT2D eigenvalue weighted by Crippen LogP contribution is -2.42. The Bertz CT molecular complexity index is 439. The first-order valence-corrected chi connectivity index (χ1v) is 6.87. The van der Waals surface area contributed by atoms with Crippen LogP contribution in [0.1, 0.15) is 5.69 Å². The fourth-order valence-electron chi connectivity index (χ4n) is 1.71. The Labute approximate surface area is 114 Å². The van der Waals surface area contributed by atoms with Gasteiger partial charge in [-0.1, -0.05) is 17.1 Å². The second-order valence-electron chi connectivity index (χ2n) is 3.89. The molecule has 106 valence electrons. The van der Waals surface area contributed by atoms with Gasteiger partial charge < -0.3 is 21.0 Å². The number of hydrogen-bond acceptors (Lipinski definition) is 9.